The first-order valence-electron chi connectivity index (χ1n) is 9.50. The fourth-order valence-corrected chi connectivity index (χ4v) is 3.47. The Morgan fingerprint density at radius 3 is 2.23 bits per heavy atom. The summed E-state index contributed by atoms with van der Waals surface area (Å²) in [6, 6.07) is 23.9. The Hall–Kier alpha value is -2.99. The number of benzene rings is 3. The molecule has 0 saturated carbocycles. The summed E-state index contributed by atoms with van der Waals surface area (Å²) < 4.78 is 6.00. The van der Waals surface area contributed by atoms with Crippen molar-refractivity contribution < 1.29 is 9.52 Å². The molecular formula is C24H24ClN3O2. The van der Waals surface area contributed by atoms with Gasteiger partial charge in [0.1, 0.15) is 5.72 Å². The highest BCUT2D eigenvalue weighted by Gasteiger charge is 2.17. The second-order valence-corrected chi connectivity index (χ2v) is 7.49. The molecule has 0 bridgehead atoms. The van der Waals surface area contributed by atoms with Crippen LogP contribution in [-0.4, -0.2) is 21.0 Å². The fourth-order valence-electron chi connectivity index (χ4n) is 3.47. The zero-order valence-electron chi connectivity index (χ0n) is 16.9. The molecule has 0 spiro atoms. The van der Waals surface area contributed by atoms with Gasteiger partial charge < -0.3 is 15.3 Å². The second kappa shape index (κ2) is 8.79. The molecule has 0 radical (unpaired) electrons. The Balaban J connectivity index is 0.00000256. The summed E-state index contributed by atoms with van der Waals surface area (Å²) in [5, 5.41) is 18.4. The number of rotatable bonds is 5. The first kappa shape index (κ1) is 21.7. The van der Waals surface area contributed by atoms with Gasteiger partial charge in [-0.25, -0.2) is 0 Å². The summed E-state index contributed by atoms with van der Waals surface area (Å²) in [4.78, 5) is 0. The maximum Gasteiger partial charge on any atom is 0.248 e. The van der Waals surface area contributed by atoms with Crippen molar-refractivity contribution in [3.63, 3.8) is 0 Å². The molecule has 1 aromatic heterocycles. The molecule has 0 saturated heterocycles. The third-order valence-corrected chi connectivity index (χ3v) is 4.81. The van der Waals surface area contributed by atoms with Crippen LogP contribution in [0.1, 0.15) is 18.1 Å². The zero-order chi connectivity index (χ0) is 20.4. The zero-order valence-corrected chi connectivity index (χ0v) is 17.7. The Morgan fingerprint density at radius 1 is 0.867 bits per heavy atom. The van der Waals surface area contributed by atoms with Gasteiger partial charge in [0.2, 0.25) is 11.8 Å². The highest BCUT2D eigenvalue weighted by Crippen LogP contribution is 2.32. The minimum Gasteiger partial charge on any atom is -0.416 e. The summed E-state index contributed by atoms with van der Waals surface area (Å²) in [5.74, 6) is 0.912. The van der Waals surface area contributed by atoms with Crippen molar-refractivity contribution in [2.24, 2.45) is 5.73 Å². The molecule has 5 nitrogen and oxygen atoms in total. The lowest BCUT2D eigenvalue weighted by Gasteiger charge is -2.17. The number of aromatic nitrogens is 2. The maximum absolute atomic E-state index is 9.86. The van der Waals surface area contributed by atoms with Crippen molar-refractivity contribution >= 4 is 12.4 Å². The third-order valence-electron chi connectivity index (χ3n) is 4.81. The van der Waals surface area contributed by atoms with E-state index in [4.69, 9.17) is 10.2 Å². The lowest BCUT2D eigenvalue weighted by atomic mass is 9.96. The van der Waals surface area contributed by atoms with Gasteiger partial charge in [0.05, 0.1) is 0 Å². The van der Waals surface area contributed by atoms with Gasteiger partial charge in [0, 0.05) is 17.5 Å². The van der Waals surface area contributed by atoms with E-state index in [9.17, 15) is 5.11 Å². The van der Waals surface area contributed by atoms with Crippen LogP contribution in [0.15, 0.2) is 77.2 Å². The number of nitrogens with two attached hydrogens (primary N) is 1. The van der Waals surface area contributed by atoms with E-state index in [1.54, 1.807) is 6.92 Å². The molecule has 3 N–H and O–H groups in total. The Morgan fingerprint density at radius 2 is 1.50 bits per heavy atom. The number of halogens is 1. The van der Waals surface area contributed by atoms with Crippen LogP contribution in [-0.2, 0) is 6.42 Å². The fraction of sp³-hybridized carbons (Fsp3) is 0.167. The Bertz CT molecular complexity index is 1130. The number of hydrogen-bond acceptors (Lipinski definition) is 5. The monoisotopic (exact) mass is 421 g/mol. The number of aliphatic hydroxyl groups is 1. The van der Waals surface area contributed by atoms with Crippen LogP contribution in [0.2, 0.25) is 0 Å². The van der Waals surface area contributed by atoms with E-state index < -0.39 is 5.72 Å². The molecule has 0 aliphatic rings. The standard InChI is InChI=1S/C24H23N3O2.ClH/c1-16-20(18-9-4-3-5-10-18)12-7-13-21(16)23-27-26-22(29-23)19-11-6-8-17(14-19)15-24(2,25)28;/h3-14,28H,15,25H2,1-2H3;1H. The summed E-state index contributed by atoms with van der Waals surface area (Å²) >= 11 is 0. The van der Waals surface area contributed by atoms with E-state index in [1.807, 2.05) is 54.6 Å². The van der Waals surface area contributed by atoms with Gasteiger partial charge >= 0.3 is 0 Å². The van der Waals surface area contributed by atoms with Crippen LogP contribution in [0.25, 0.3) is 34.0 Å². The first-order valence-corrected chi connectivity index (χ1v) is 9.50. The lowest BCUT2D eigenvalue weighted by molar-refractivity contribution is 0.0677. The molecule has 1 atom stereocenters. The molecule has 1 heterocycles. The van der Waals surface area contributed by atoms with Gasteiger partial charge in [0.15, 0.2) is 0 Å². The average Bonchev–Trinajstić information content (AvgIpc) is 3.18. The topological polar surface area (TPSA) is 85.2 Å². The number of hydrogen-bond donors (Lipinski definition) is 2. The first-order chi connectivity index (χ1) is 13.9. The van der Waals surface area contributed by atoms with Crippen molar-refractivity contribution in [1.82, 2.24) is 10.2 Å². The Kier molecular flexibility index (Phi) is 6.37. The minimum absolute atomic E-state index is 0. The van der Waals surface area contributed by atoms with Crippen LogP contribution >= 0.6 is 12.4 Å². The molecule has 30 heavy (non-hydrogen) atoms. The maximum atomic E-state index is 9.86. The van der Waals surface area contributed by atoms with E-state index in [1.165, 1.54) is 0 Å². The summed E-state index contributed by atoms with van der Waals surface area (Å²) in [7, 11) is 0. The van der Waals surface area contributed by atoms with Crippen molar-refractivity contribution in [2.45, 2.75) is 26.0 Å². The van der Waals surface area contributed by atoms with Crippen molar-refractivity contribution in [1.29, 1.82) is 0 Å². The summed E-state index contributed by atoms with van der Waals surface area (Å²) in [6.45, 7) is 3.64. The van der Waals surface area contributed by atoms with Crippen LogP contribution in [0.3, 0.4) is 0 Å². The predicted molar refractivity (Wildman–Crippen MR) is 121 cm³/mol. The predicted octanol–water partition coefficient (Wildman–Crippen LogP) is 5.01. The lowest BCUT2D eigenvalue weighted by Crippen LogP contribution is -2.37. The molecule has 3 aromatic carbocycles. The van der Waals surface area contributed by atoms with Crippen LogP contribution < -0.4 is 5.73 Å². The van der Waals surface area contributed by atoms with Gasteiger partial charge in [-0.2, -0.15) is 0 Å². The molecule has 0 fully saturated rings. The quantitative estimate of drug-likeness (QED) is 0.442. The smallest absolute Gasteiger partial charge is 0.248 e. The highest BCUT2D eigenvalue weighted by molar-refractivity contribution is 5.85. The van der Waals surface area contributed by atoms with E-state index >= 15 is 0 Å². The number of nitrogens with zero attached hydrogens (tertiary/aromatic N) is 2. The molecule has 1 unspecified atom stereocenters. The second-order valence-electron chi connectivity index (χ2n) is 7.49. The molecule has 6 heteroatoms. The van der Waals surface area contributed by atoms with E-state index in [-0.39, 0.29) is 12.4 Å². The highest BCUT2D eigenvalue weighted by atomic mass is 35.5. The molecule has 0 aliphatic carbocycles. The average molecular weight is 422 g/mol. The van der Waals surface area contributed by atoms with Crippen LogP contribution in [0.5, 0.6) is 0 Å². The SMILES string of the molecule is Cc1c(-c2ccccc2)cccc1-c1nnc(-c2cccc(CC(C)(N)O)c2)o1.Cl. The van der Waals surface area contributed by atoms with E-state index in [2.05, 4.69) is 35.3 Å². The van der Waals surface area contributed by atoms with Gasteiger partial charge in [-0.05, 0) is 54.3 Å². The van der Waals surface area contributed by atoms with E-state index in [0.29, 0.717) is 18.2 Å². The van der Waals surface area contributed by atoms with Gasteiger partial charge in [0.25, 0.3) is 0 Å². The minimum atomic E-state index is -1.27. The molecule has 154 valence electrons. The van der Waals surface area contributed by atoms with Gasteiger partial charge in [-0.1, -0.05) is 54.6 Å². The molecule has 0 amide bonds. The third kappa shape index (κ3) is 4.76. The van der Waals surface area contributed by atoms with E-state index in [0.717, 1.165) is 33.4 Å². The van der Waals surface area contributed by atoms with Crippen LogP contribution in [0.4, 0.5) is 0 Å². The van der Waals surface area contributed by atoms with Crippen molar-refractivity contribution in [3.8, 4) is 34.0 Å². The molecule has 4 aromatic rings. The van der Waals surface area contributed by atoms with Crippen molar-refractivity contribution in [2.75, 3.05) is 0 Å². The largest absolute Gasteiger partial charge is 0.416 e. The normalized spacial score (nSPS) is 12.8. The van der Waals surface area contributed by atoms with Crippen LogP contribution in [0, 0.1) is 6.92 Å². The van der Waals surface area contributed by atoms with Gasteiger partial charge in [-0.3, -0.25) is 0 Å². The summed E-state index contributed by atoms with van der Waals surface area (Å²) in [6.07, 6.45) is 0.333. The van der Waals surface area contributed by atoms with Gasteiger partial charge in [-0.15, -0.1) is 22.6 Å². The molecular weight excluding hydrogens is 398 g/mol. The molecule has 4 rings (SSSR count). The summed E-state index contributed by atoms with van der Waals surface area (Å²) in [5.41, 5.74) is 10.4. The van der Waals surface area contributed by atoms with Crippen molar-refractivity contribution in [3.05, 3.63) is 83.9 Å². The molecule has 0 aliphatic heterocycles. The Labute approximate surface area is 182 Å².